The fourth-order valence-corrected chi connectivity index (χ4v) is 1.78. The van der Waals surface area contributed by atoms with Gasteiger partial charge in [-0.25, -0.2) is 0 Å². The molecule has 1 aromatic heterocycles. The zero-order valence-electron chi connectivity index (χ0n) is 9.36. The fourth-order valence-electron chi connectivity index (χ4n) is 1.55. The third kappa shape index (κ3) is 4.43. The molecule has 0 spiro atoms. The molecule has 0 radical (unpaired) electrons. The Labute approximate surface area is 112 Å². The molecule has 0 saturated heterocycles. The Hall–Kier alpha value is -0.960. The second-order valence-electron chi connectivity index (χ2n) is 3.65. The van der Waals surface area contributed by atoms with Crippen LogP contribution in [0.1, 0.15) is 11.1 Å². The van der Waals surface area contributed by atoms with E-state index in [4.69, 9.17) is 16.0 Å². The monoisotopic (exact) mass is 271 g/mol. The number of rotatable bonds is 5. The van der Waals surface area contributed by atoms with E-state index in [9.17, 15) is 0 Å². The van der Waals surface area contributed by atoms with Crippen LogP contribution in [0, 0.1) is 0 Å². The van der Waals surface area contributed by atoms with E-state index in [0.29, 0.717) is 0 Å². The molecule has 92 valence electrons. The summed E-state index contributed by atoms with van der Waals surface area (Å²) >= 11 is 6.06. The standard InChI is InChI=1S/C13H14ClNO.ClH/c14-13-4-2-1-3-12(13)5-7-15-9-11-6-8-16-10-11;/h1-4,6,8,10,15H,5,7,9H2;1H. The van der Waals surface area contributed by atoms with E-state index in [1.807, 2.05) is 24.3 Å². The first-order valence-electron chi connectivity index (χ1n) is 5.31. The van der Waals surface area contributed by atoms with Crippen LogP contribution in [0.5, 0.6) is 0 Å². The number of benzene rings is 1. The summed E-state index contributed by atoms with van der Waals surface area (Å²) in [6, 6.07) is 9.90. The van der Waals surface area contributed by atoms with E-state index in [2.05, 4.69) is 11.4 Å². The maximum Gasteiger partial charge on any atom is 0.0947 e. The van der Waals surface area contributed by atoms with Gasteiger partial charge in [0.15, 0.2) is 0 Å². The normalized spacial score (nSPS) is 9.94. The van der Waals surface area contributed by atoms with Gasteiger partial charge in [-0.3, -0.25) is 0 Å². The Bertz CT molecular complexity index is 429. The lowest BCUT2D eigenvalue weighted by Gasteiger charge is -2.05. The zero-order chi connectivity index (χ0) is 11.2. The summed E-state index contributed by atoms with van der Waals surface area (Å²) in [7, 11) is 0. The molecule has 1 N–H and O–H groups in total. The van der Waals surface area contributed by atoms with Crippen LogP contribution in [0.3, 0.4) is 0 Å². The quantitative estimate of drug-likeness (QED) is 0.840. The maximum atomic E-state index is 6.06. The molecule has 0 aliphatic rings. The van der Waals surface area contributed by atoms with E-state index >= 15 is 0 Å². The van der Waals surface area contributed by atoms with Gasteiger partial charge in [0.2, 0.25) is 0 Å². The Balaban J connectivity index is 0.00000144. The highest BCUT2D eigenvalue weighted by Crippen LogP contribution is 2.14. The first-order chi connectivity index (χ1) is 7.86. The largest absolute Gasteiger partial charge is 0.472 e. The van der Waals surface area contributed by atoms with Gasteiger partial charge in [-0.15, -0.1) is 12.4 Å². The lowest BCUT2D eigenvalue weighted by atomic mass is 10.1. The van der Waals surface area contributed by atoms with E-state index < -0.39 is 0 Å². The third-order valence-electron chi connectivity index (χ3n) is 2.44. The van der Waals surface area contributed by atoms with Gasteiger partial charge in [0.1, 0.15) is 0 Å². The SMILES string of the molecule is Cl.Clc1ccccc1CCNCc1ccoc1. The third-order valence-corrected chi connectivity index (χ3v) is 2.81. The lowest BCUT2D eigenvalue weighted by Crippen LogP contribution is -2.16. The number of nitrogens with one attached hydrogen (secondary N) is 1. The molecule has 0 unspecified atom stereocenters. The number of hydrogen-bond acceptors (Lipinski definition) is 2. The van der Waals surface area contributed by atoms with Crippen molar-refractivity contribution in [3.8, 4) is 0 Å². The van der Waals surface area contributed by atoms with Crippen molar-refractivity contribution in [2.45, 2.75) is 13.0 Å². The minimum atomic E-state index is 0. The minimum Gasteiger partial charge on any atom is -0.472 e. The molecule has 0 fully saturated rings. The van der Waals surface area contributed by atoms with Crippen LogP contribution < -0.4 is 5.32 Å². The first kappa shape index (κ1) is 14.1. The molecule has 2 nitrogen and oxygen atoms in total. The van der Waals surface area contributed by atoms with Crippen LogP contribution in [0.15, 0.2) is 47.3 Å². The molecule has 0 bridgehead atoms. The Morgan fingerprint density at radius 2 is 2.00 bits per heavy atom. The van der Waals surface area contributed by atoms with Crippen molar-refractivity contribution in [2.24, 2.45) is 0 Å². The average molecular weight is 272 g/mol. The van der Waals surface area contributed by atoms with Crippen molar-refractivity contribution < 1.29 is 4.42 Å². The average Bonchev–Trinajstić information content (AvgIpc) is 2.79. The molecule has 2 aromatic rings. The zero-order valence-corrected chi connectivity index (χ0v) is 10.9. The van der Waals surface area contributed by atoms with E-state index in [0.717, 1.165) is 24.5 Å². The molecule has 17 heavy (non-hydrogen) atoms. The second-order valence-corrected chi connectivity index (χ2v) is 4.06. The van der Waals surface area contributed by atoms with Gasteiger partial charge in [-0.05, 0) is 30.7 Å². The van der Waals surface area contributed by atoms with Crippen LogP contribution >= 0.6 is 24.0 Å². The molecule has 0 aliphatic carbocycles. The Morgan fingerprint density at radius 1 is 1.18 bits per heavy atom. The Morgan fingerprint density at radius 3 is 2.71 bits per heavy atom. The summed E-state index contributed by atoms with van der Waals surface area (Å²) < 4.78 is 4.99. The number of furan rings is 1. The van der Waals surface area contributed by atoms with Gasteiger partial charge in [0.05, 0.1) is 12.5 Å². The predicted octanol–water partition coefficient (Wildman–Crippen LogP) is 3.69. The van der Waals surface area contributed by atoms with E-state index in [-0.39, 0.29) is 12.4 Å². The van der Waals surface area contributed by atoms with Crippen LogP contribution in [0.2, 0.25) is 5.02 Å². The predicted molar refractivity (Wildman–Crippen MR) is 72.8 cm³/mol. The molecule has 2 rings (SSSR count). The van der Waals surface area contributed by atoms with Crippen molar-refractivity contribution in [1.82, 2.24) is 5.32 Å². The summed E-state index contributed by atoms with van der Waals surface area (Å²) in [5, 5.41) is 4.19. The smallest absolute Gasteiger partial charge is 0.0947 e. The second kappa shape index (κ2) is 7.38. The van der Waals surface area contributed by atoms with Crippen LogP contribution in [0.4, 0.5) is 0 Å². The lowest BCUT2D eigenvalue weighted by molar-refractivity contribution is 0.560. The summed E-state index contributed by atoms with van der Waals surface area (Å²) in [5.74, 6) is 0. The summed E-state index contributed by atoms with van der Waals surface area (Å²) in [6.07, 6.45) is 4.38. The molecule has 1 aromatic carbocycles. The van der Waals surface area contributed by atoms with E-state index in [1.165, 1.54) is 11.1 Å². The molecule has 1 heterocycles. The van der Waals surface area contributed by atoms with Crippen LogP contribution in [0.25, 0.3) is 0 Å². The molecule has 0 amide bonds. The first-order valence-corrected chi connectivity index (χ1v) is 5.69. The molecule has 0 atom stereocenters. The van der Waals surface area contributed by atoms with Crippen LogP contribution in [-0.2, 0) is 13.0 Å². The highest BCUT2D eigenvalue weighted by atomic mass is 35.5. The van der Waals surface area contributed by atoms with Gasteiger partial charge in [0, 0.05) is 17.1 Å². The number of hydrogen-bond donors (Lipinski definition) is 1. The molecule has 0 aliphatic heterocycles. The van der Waals surface area contributed by atoms with Crippen molar-refractivity contribution in [3.63, 3.8) is 0 Å². The summed E-state index contributed by atoms with van der Waals surface area (Å²) in [6.45, 7) is 1.75. The molecular formula is C13H15Cl2NO. The highest BCUT2D eigenvalue weighted by Gasteiger charge is 1.98. The van der Waals surface area contributed by atoms with E-state index in [1.54, 1.807) is 12.5 Å². The van der Waals surface area contributed by atoms with Gasteiger partial charge >= 0.3 is 0 Å². The van der Waals surface area contributed by atoms with Gasteiger partial charge in [-0.1, -0.05) is 29.8 Å². The topological polar surface area (TPSA) is 25.2 Å². The fraction of sp³-hybridized carbons (Fsp3) is 0.231. The van der Waals surface area contributed by atoms with Crippen molar-refractivity contribution in [2.75, 3.05) is 6.54 Å². The van der Waals surface area contributed by atoms with Crippen LogP contribution in [-0.4, -0.2) is 6.54 Å². The summed E-state index contributed by atoms with van der Waals surface area (Å²) in [4.78, 5) is 0. The van der Waals surface area contributed by atoms with Gasteiger partial charge in [0.25, 0.3) is 0 Å². The van der Waals surface area contributed by atoms with Gasteiger partial charge < -0.3 is 9.73 Å². The van der Waals surface area contributed by atoms with Gasteiger partial charge in [-0.2, -0.15) is 0 Å². The minimum absolute atomic E-state index is 0. The van der Waals surface area contributed by atoms with Crippen molar-refractivity contribution in [3.05, 3.63) is 59.0 Å². The number of halogens is 2. The molecule has 4 heteroatoms. The van der Waals surface area contributed by atoms with Crippen molar-refractivity contribution in [1.29, 1.82) is 0 Å². The highest BCUT2D eigenvalue weighted by molar-refractivity contribution is 6.31. The van der Waals surface area contributed by atoms with Crippen molar-refractivity contribution >= 4 is 24.0 Å². The Kier molecular flexibility index (Phi) is 6.12. The molecular weight excluding hydrogens is 257 g/mol. The molecule has 0 saturated carbocycles. The summed E-state index contributed by atoms with van der Waals surface area (Å²) in [5.41, 5.74) is 2.35. The maximum absolute atomic E-state index is 6.06.